The van der Waals surface area contributed by atoms with Gasteiger partial charge in [-0.1, -0.05) is 6.07 Å². The molecule has 0 spiro atoms. The van der Waals surface area contributed by atoms with Crippen LogP contribution in [0.3, 0.4) is 0 Å². The number of piperazine rings is 1. The van der Waals surface area contributed by atoms with E-state index in [2.05, 4.69) is 28.6 Å². The Morgan fingerprint density at radius 3 is 2.77 bits per heavy atom. The first-order valence-corrected chi connectivity index (χ1v) is 9.17. The van der Waals surface area contributed by atoms with Crippen LogP contribution in [0.5, 0.6) is 0 Å². The molecule has 1 amide bonds. The van der Waals surface area contributed by atoms with E-state index in [-0.39, 0.29) is 11.9 Å². The predicted molar refractivity (Wildman–Crippen MR) is 103 cm³/mol. The molecule has 2 aliphatic rings. The lowest BCUT2D eigenvalue weighted by Crippen LogP contribution is -2.63. The maximum absolute atomic E-state index is 13.0. The first-order valence-electron chi connectivity index (χ1n) is 9.17. The first-order chi connectivity index (χ1) is 12.5. The molecule has 1 atom stereocenters. The van der Waals surface area contributed by atoms with Gasteiger partial charge in [0.1, 0.15) is 6.04 Å². The fourth-order valence-electron chi connectivity index (χ4n) is 3.91. The Kier molecular flexibility index (Phi) is 4.15. The molecule has 0 bridgehead atoms. The molecule has 1 fully saturated rings. The largest absolute Gasteiger partial charge is 0.340 e. The molecule has 0 unspecified atom stereocenters. The third-order valence-electron chi connectivity index (χ3n) is 5.52. The van der Waals surface area contributed by atoms with Crippen molar-refractivity contribution in [3.8, 4) is 11.3 Å². The van der Waals surface area contributed by atoms with Gasteiger partial charge in [0.05, 0.1) is 11.4 Å². The van der Waals surface area contributed by atoms with E-state index < -0.39 is 0 Å². The van der Waals surface area contributed by atoms with Crippen LogP contribution >= 0.6 is 0 Å². The second-order valence-electron chi connectivity index (χ2n) is 7.43. The van der Waals surface area contributed by atoms with Crippen LogP contribution in [-0.4, -0.2) is 59.5 Å². The van der Waals surface area contributed by atoms with E-state index in [1.165, 1.54) is 0 Å². The van der Waals surface area contributed by atoms with Crippen molar-refractivity contribution in [3.05, 3.63) is 36.2 Å². The highest BCUT2D eigenvalue weighted by atomic mass is 16.2. The van der Waals surface area contributed by atoms with Gasteiger partial charge in [0.25, 0.3) is 5.91 Å². The maximum atomic E-state index is 13.0. The minimum absolute atomic E-state index is 0.138. The number of aryl methyl sites for hydroxylation is 1. The summed E-state index contributed by atoms with van der Waals surface area (Å²) >= 11 is 0. The summed E-state index contributed by atoms with van der Waals surface area (Å²) in [6, 6.07) is 6.30. The molecule has 2 aromatic heterocycles. The molecule has 4 heterocycles. The molecule has 26 heavy (non-hydrogen) atoms. The van der Waals surface area contributed by atoms with Crippen molar-refractivity contribution in [1.29, 1.82) is 0 Å². The highest BCUT2D eigenvalue weighted by molar-refractivity contribution is 6.05. The molecule has 1 saturated heterocycles. The van der Waals surface area contributed by atoms with E-state index in [4.69, 9.17) is 4.98 Å². The molecule has 2 aliphatic heterocycles. The van der Waals surface area contributed by atoms with E-state index in [9.17, 15) is 4.79 Å². The number of carbonyl (C=O) groups is 1. The molecule has 0 aromatic carbocycles. The maximum Gasteiger partial charge on any atom is 0.250 e. The number of amides is 1. The van der Waals surface area contributed by atoms with Crippen LogP contribution in [0.1, 0.15) is 19.4 Å². The van der Waals surface area contributed by atoms with Crippen LogP contribution in [0.15, 0.2) is 30.6 Å². The molecule has 0 radical (unpaired) electrons. The minimum Gasteiger partial charge on any atom is -0.340 e. The van der Waals surface area contributed by atoms with E-state index in [1.54, 1.807) is 11.1 Å². The highest BCUT2D eigenvalue weighted by Gasteiger charge is 2.41. The number of pyridine rings is 2. The molecule has 0 saturated carbocycles. The van der Waals surface area contributed by atoms with Gasteiger partial charge >= 0.3 is 0 Å². The molecule has 6 heteroatoms. The fourth-order valence-corrected chi connectivity index (χ4v) is 3.91. The number of likely N-dealkylation sites (N-methyl/N-ethyl adjacent to an activating group) is 1. The lowest BCUT2D eigenvalue weighted by atomic mass is 10.0. The SMILES string of the molecule is Cc1cccnc1-c1cnc2c(c1)N(C)C(=O)[C@@H]1CN(C(C)C)CCN21. The van der Waals surface area contributed by atoms with Gasteiger partial charge in [0, 0.05) is 50.7 Å². The minimum atomic E-state index is -0.154. The second-order valence-corrected chi connectivity index (χ2v) is 7.43. The monoisotopic (exact) mass is 351 g/mol. The predicted octanol–water partition coefficient (Wildman–Crippen LogP) is 2.33. The summed E-state index contributed by atoms with van der Waals surface area (Å²) in [5.41, 5.74) is 3.82. The number of fused-ring (bicyclic) bond motifs is 3. The van der Waals surface area contributed by atoms with Gasteiger partial charge in [-0.3, -0.25) is 14.7 Å². The van der Waals surface area contributed by atoms with Gasteiger partial charge < -0.3 is 9.80 Å². The zero-order chi connectivity index (χ0) is 18.4. The summed E-state index contributed by atoms with van der Waals surface area (Å²) in [5, 5.41) is 0. The van der Waals surface area contributed by atoms with Gasteiger partial charge in [-0.15, -0.1) is 0 Å². The van der Waals surface area contributed by atoms with E-state index in [0.29, 0.717) is 6.04 Å². The summed E-state index contributed by atoms with van der Waals surface area (Å²) in [5.74, 6) is 1.04. The Labute approximate surface area is 154 Å². The Balaban J connectivity index is 1.74. The Bertz CT molecular complexity index is 850. The molecule has 136 valence electrons. The van der Waals surface area contributed by atoms with Gasteiger partial charge in [-0.2, -0.15) is 0 Å². The smallest absolute Gasteiger partial charge is 0.250 e. The highest BCUT2D eigenvalue weighted by Crippen LogP contribution is 2.37. The number of hydrogen-bond donors (Lipinski definition) is 0. The van der Waals surface area contributed by atoms with Crippen LogP contribution in [0.2, 0.25) is 0 Å². The molecule has 0 aliphatic carbocycles. The topological polar surface area (TPSA) is 52.6 Å². The van der Waals surface area contributed by atoms with Crippen molar-refractivity contribution in [3.63, 3.8) is 0 Å². The lowest BCUT2D eigenvalue weighted by Gasteiger charge is -2.47. The zero-order valence-corrected chi connectivity index (χ0v) is 15.8. The lowest BCUT2D eigenvalue weighted by molar-refractivity contribution is -0.121. The molecule has 6 nitrogen and oxygen atoms in total. The Morgan fingerprint density at radius 2 is 2.04 bits per heavy atom. The van der Waals surface area contributed by atoms with E-state index in [1.807, 2.05) is 38.4 Å². The summed E-state index contributed by atoms with van der Waals surface area (Å²) < 4.78 is 0. The van der Waals surface area contributed by atoms with Crippen molar-refractivity contribution in [2.45, 2.75) is 32.9 Å². The Morgan fingerprint density at radius 1 is 1.23 bits per heavy atom. The summed E-state index contributed by atoms with van der Waals surface area (Å²) in [4.78, 5) is 28.6. The number of carbonyl (C=O) groups excluding carboxylic acids is 1. The number of hydrogen-bond acceptors (Lipinski definition) is 5. The van der Waals surface area contributed by atoms with Crippen LogP contribution in [0, 0.1) is 6.92 Å². The second kappa shape index (κ2) is 6.36. The average Bonchev–Trinajstić information content (AvgIpc) is 2.65. The van der Waals surface area contributed by atoms with Crippen LogP contribution in [0.25, 0.3) is 11.3 Å². The third-order valence-corrected chi connectivity index (χ3v) is 5.52. The van der Waals surface area contributed by atoms with Gasteiger partial charge in [0.15, 0.2) is 5.82 Å². The summed E-state index contributed by atoms with van der Waals surface area (Å²) in [6.07, 6.45) is 3.67. The number of aromatic nitrogens is 2. The van der Waals surface area contributed by atoms with E-state index >= 15 is 0 Å². The summed E-state index contributed by atoms with van der Waals surface area (Å²) in [7, 11) is 1.85. The van der Waals surface area contributed by atoms with Crippen LogP contribution in [-0.2, 0) is 4.79 Å². The van der Waals surface area contributed by atoms with Gasteiger partial charge in [0.2, 0.25) is 0 Å². The average molecular weight is 351 g/mol. The van der Waals surface area contributed by atoms with Gasteiger partial charge in [-0.05, 0) is 38.5 Å². The zero-order valence-electron chi connectivity index (χ0n) is 15.8. The third kappa shape index (κ3) is 2.65. The molecule has 0 N–H and O–H groups in total. The number of nitrogens with zero attached hydrogens (tertiary/aromatic N) is 5. The summed E-state index contributed by atoms with van der Waals surface area (Å²) in [6.45, 7) is 8.93. The van der Waals surface area contributed by atoms with Crippen molar-refractivity contribution in [1.82, 2.24) is 14.9 Å². The Hall–Kier alpha value is -2.47. The van der Waals surface area contributed by atoms with Crippen molar-refractivity contribution < 1.29 is 4.79 Å². The quantitative estimate of drug-likeness (QED) is 0.831. The normalized spacial score (nSPS) is 20.3. The molecule has 4 rings (SSSR count). The van der Waals surface area contributed by atoms with Crippen molar-refractivity contribution in [2.24, 2.45) is 0 Å². The fraction of sp³-hybridized carbons (Fsp3) is 0.450. The van der Waals surface area contributed by atoms with E-state index in [0.717, 1.165) is 48.0 Å². The van der Waals surface area contributed by atoms with Crippen LogP contribution in [0.4, 0.5) is 11.5 Å². The van der Waals surface area contributed by atoms with Crippen molar-refractivity contribution in [2.75, 3.05) is 36.5 Å². The van der Waals surface area contributed by atoms with Gasteiger partial charge in [-0.25, -0.2) is 4.98 Å². The number of rotatable bonds is 2. The first kappa shape index (κ1) is 17.0. The molecule has 2 aromatic rings. The van der Waals surface area contributed by atoms with Crippen molar-refractivity contribution >= 4 is 17.4 Å². The van der Waals surface area contributed by atoms with Crippen LogP contribution < -0.4 is 9.80 Å². The molecular formula is C20H25N5O. The number of anilines is 2. The standard InChI is InChI=1S/C20H25N5O/c1-13(2)24-8-9-25-17(12-24)20(26)23(4)16-10-15(11-22-19(16)25)18-14(3)6-5-7-21-18/h5-7,10-11,13,17H,8-9,12H2,1-4H3/t17-/m0/s1. The molecular weight excluding hydrogens is 326 g/mol.